The van der Waals surface area contributed by atoms with Crippen LogP contribution in [-0.2, 0) is 4.79 Å². The number of aliphatic hydroxyl groups is 1. The Kier molecular flexibility index (Phi) is 6.00. The van der Waals surface area contributed by atoms with Gasteiger partial charge in [0.25, 0.3) is 0 Å². The van der Waals surface area contributed by atoms with Gasteiger partial charge in [0.05, 0.1) is 18.3 Å². The molecule has 0 aliphatic carbocycles. The monoisotopic (exact) mass is 307 g/mol. The lowest BCUT2D eigenvalue weighted by Gasteiger charge is -2.35. The van der Waals surface area contributed by atoms with E-state index in [2.05, 4.69) is 23.4 Å². The van der Waals surface area contributed by atoms with Crippen molar-refractivity contribution >= 4 is 5.91 Å². The van der Waals surface area contributed by atoms with E-state index in [1.807, 2.05) is 17.4 Å². The molecule has 0 spiro atoms. The van der Waals surface area contributed by atoms with Crippen molar-refractivity contribution < 1.29 is 9.90 Å². The fourth-order valence-corrected chi connectivity index (χ4v) is 3.52. The molecule has 1 fully saturated rings. The highest BCUT2D eigenvalue weighted by Crippen LogP contribution is 2.27. The van der Waals surface area contributed by atoms with Gasteiger partial charge in [-0.2, -0.15) is 0 Å². The Balaban J connectivity index is 1.86. The molecule has 1 amide bonds. The predicted octanol–water partition coefficient (Wildman–Crippen LogP) is 2.77. The second kappa shape index (κ2) is 7.77. The van der Waals surface area contributed by atoms with Gasteiger partial charge in [-0.25, -0.2) is 4.98 Å². The van der Waals surface area contributed by atoms with Crippen LogP contribution in [0.4, 0.5) is 0 Å². The molecule has 1 aromatic heterocycles. The molecule has 5 nitrogen and oxygen atoms in total. The van der Waals surface area contributed by atoms with E-state index in [1.165, 1.54) is 0 Å². The second-order valence-corrected chi connectivity index (χ2v) is 6.52. The van der Waals surface area contributed by atoms with Crippen LogP contribution in [0.5, 0.6) is 0 Å². The number of carbonyl (C=O) groups is 1. The van der Waals surface area contributed by atoms with E-state index in [-0.39, 0.29) is 12.3 Å². The summed E-state index contributed by atoms with van der Waals surface area (Å²) in [6.07, 6.45) is 11.1. The van der Waals surface area contributed by atoms with Gasteiger partial charge in [0, 0.05) is 31.5 Å². The molecular weight excluding hydrogens is 278 g/mol. The first kappa shape index (κ1) is 17.0. The number of rotatable bonds is 7. The average molecular weight is 307 g/mol. The van der Waals surface area contributed by atoms with Crippen molar-refractivity contribution in [1.82, 2.24) is 14.5 Å². The minimum atomic E-state index is -0.818. The van der Waals surface area contributed by atoms with Crippen LogP contribution in [0.1, 0.15) is 64.8 Å². The highest BCUT2D eigenvalue weighted by Gasteiger charge is 2.32. The summed E-state index contributed by atoms with van der Waals surface area (Å²) < 4.78 is 2.13. The van der Waals surface area contributed by atoms with Gasteiger partial charge < -0.3 is 14.6 Å². The Bertz CT molecular complexity index is 444. The van der Waals surface area contributed by atoms with E-state index in [0.717, 1.165) is 38.8 Å². The second-order valence-electron chi connectivity index (χ2n) is 6.52. The number of hydrogen-bond acceptors (Lipinski definition) is 3. The topological polar surface area (TPSA) is 58.4 Å². The van der Waals surface area contributed by atoms with Crippen LogP contribution < -0.4 is 0 Å². The van der Waals surface area contributed by atoms with Crippen molar-refractivity contribution in [3.05, 3.63) is 18.7 Å². The van der Waals surface area contributed by atoms with Crippen molar-refractivity contribution in [3.8, 4) is 0 Å². The van der Waals surface area contributed by atoms with Crippen molar-refractivity contribution in [3.63, 3.8) is 0 Å². The van der Waals surface area contributed by atoms with E-state index in [4.69, 9.17) is 0 Å². The highest BCUT2D eigenvalue weighted by molar-refractivity contribution is 5.77. The number of carbonyl (C=O) groups excluding carboxylic acids is 1. The van der Waals surface area contributed by atoms with Crippen LogP contribution in [0.15, 0.2) is 18.7 Å². The van der Waals surface area contributed by atoms with Crippen LogP contribution in [0.3, 0.4) is 0 Å². The summed E-state index contributed by atoms with van der Waals surface area (Å²) in [4.78, 5) is 18.5. The highest BCUT2D eigenvalue weighted by atomic mass is 16.3. The summed E-state index contributed by atoms with van der Waals surface area (Å²) in [6.45, 7) is 5.66. The number of aromatic nitrogens is 2. The molecule has 1 aliphatic heterocycles. The molecule has 1 saturated heterocycles. The summed E-state index contributed by atoms with van der Waals surface area (Å²) in [6, 6.07) is 0.441. The van der Waals surface area contributed by atoms with Crippen molar-refractivity contribution in [2.75, 3.05) is 13.1 Å². The largest absolute Gasteiger partial charge is 0.389 e. The summed E-state index contributed by atoms with van der Waals surface area (Å²) in [7, 11) is 0. The van der Waals surface area contributed by atoms with Crippen molar-refractivity contribution in [1.29, 1.82) is 0 Å². The SMILES string of the molecule is CCCC(O)(CCC)CC(=O)N1CCC(n2ccnc2)CC1. The lowest BCUT2D eigenvalue weighted by atomic mass is 9.88. The van der Waals surface area contributed by atoms with E-state index < -0.39 is 5.60 Å². The number of imidazole rings is 1. The summed E-state index contributed by atoms with van der Waals surface area (Å²) in [5.41, 5.74) is -0.818. The molecule has 0 saturated carbocycles. The minimum Gasteiger partial charge on any atom is -0.389 e. The molecule has 1 N–H and O–H groups in total. The predicted molar refractivity (Wildman–Crippen MR) is 86.5 cm³/mol. The zero-order chi connectivity index (χ0) is 16.0. The third-order valence-electron chi connectivity index (χ3n) is 4.67. The van der Waals surface area contributed by atoms with Gasteiger partial charge in [0.2, 0.25) is 5.91 Å². The molecular formula is C17H29N3O2. The van der Waals surface area contributed by atoms with Crippen LogP contribution in [0.2, 0.25) is 0 Å². The number of piperidine rings is 1. The van der Waals surface area contributed by atoms with Gasteiger partial charge in [-0.05, 0) is 25.7 Å². The summed E-state index contributed by atoms with van der Waals surface area (Å²) >= 11 is 0. The van der Waals surface area contributed by atoms with Gasteiger partial charge in [-0.1, -0.05) is 26.7 Å². The van der Waals surface area contributed by atoms with Crippen LogP contribution in [0.25, 0.3) is 0 Å². The first-order valence-corrected chi connectivity index (χ1v) is 8.55. The van der Waals surface area contributed by atoms with Crippen molar-refractivity contribution in [2.45, 2.75) is 70.4 Å². The minimum absolute atomic E-state index is 0.105. The van der Waals surface area contributed by atoms with Gasteiger partial charge in [0.1, 0.15) is 0 Å². The molecule has 0 bridgehead atoms. The number of nitrogens with zero attached hydrogens (tertiary/aromatic N) is 3. The molecule has 22 heavy (non-hydrogen) atoms. The number of amides is 1. The normalized spacial score (nSPS) is 17.0. The maximum atomic E-state index is 12.5. The van der Waals surface area contributed by atoms with Crippen LogP contribution in [0, 0.1) is 0 Å². The lowest BCUT2D eigenvalue weighted by Crippen LogP contribution is -2.43. The molecule has 2 rings (SSSR count). The van der Waals surface area contributed by atoms with Crippen LogP contribution in [-0.4, -0.2) is 44.2 Å². The standard InChI is InChI=1S/C17H29N3O2/c1-3-7-17(22,8-4-2)13-16(21)19-10-5-15(6-11-19)20-12-9-18-14-20/h9,12,14-15,22H,3-8,10-11,13H2,1-2H3. The Morgan fingerprint density at radius 1 is 1.27 bits per heavy atom. The van der Waals surface area contributed by atoms with Gasteiger partial charge in [0.15, 0.2) is 0 Å². The molecule has 1 aromatic rings. The Morgan fingerprint density at radius 2 is 1.91 bits per heavy atom. The van der Waals surface area contributed by atoms with Crippen molar-refractivity contribution in [2.24, 2.45) is 0 Å². The molecule has 124 valence electrons. The first-order valence-electron chi connectivity index (χ1n) is 8.55. The Hall–Kier alpha value is -1.36. The fourth-order valence-electron chi connectivity index (χ4n) is 3.52. The zero-order valence-corrected chi connectivity index (χ0v) is 13.9. The molecule has 1 aliphatic rings. The van der Waals surface area contributed by atoms with E-state index in [0.29, 0.717) is 18.9 Å². The first-order chi connectivity index (χ1) is 10.6. The maximum Gasteiger partial charge on any atom is 0.225 e. The number of likely N-dealkylation sites (tertiary alicyclic amines) is 1. The molecule has 5 heteroatoms. The quantitative estimate of drug-likeness (QED) is 0.842. The van der Waals surface area contributed by atoms with E-state index in [1.54, 1.807) is 6.20 Å². The van der Waals surface area contributed by atoms with Gasteiger partial charge in [-0.3, -0.25) is 4.79 Å². The molecule has 0 atom stereocenters. The third kappa shape index (κ3) is 4.32. The zero-order valence-electron chi connectivity index (χ0n) is 13.9. The lowest BCUT2D eigenvalue weighted by molar-refractivity contribution is -0.138. The molecule has 0 unspecified atom stereocenters. The smallest absolute Gasteiger partial charge is 0.225 e. The molecule has 2 heterocycles. The molecule has 0 aromatic carbocycles. The third-order valence-corrected chi connectivity index (χ3v) is 4.67. The Labute approximate surface area is 133 Å². The fraction of sp³-hybridized carbons (Fsp3) is 0.765. The van der Waals surface area contributed by atoms with Crippen LogP contribution >= 0.6 is 0 Å². The van der Waals surface area contributed by atoms with Gasteiger partial charge in [-0.15, -0.1) is 0 Å². The number of hydrogen-bond donors (Lipinski definition) is 1. The van der Waals surface area contributed by atoms with E-state index in [9.17, 15) is 9.90 Å². The average Bonchev–Trinajstić information content (AvgIpc) is 3.02. The summed E-state index contributed by atoms with van der Waals surface area (Å²) in [5, 5.41) is 10.7. The molecule has 0 radical (unpaired) electrons. The maximum absolute atomic E-state index is 12.5. The van der Waals surface area contributed by atoms with Gasteiger partial charge >= 0.3 is 0 Å². The Morgan fingerprint density at radius 3 is 2.41 bits per heavy atom. The van der Waals surface area contributed by atoms with E-state index >= 15 is 0 Å². The summed E-state index contributed by atoms with van der Waals surface area (Å²) in [5.74, 6) is 0.105.